The van der Waals surface area contributed by atoms with E-state index in [2.05, 4.69) is 10.6 Å². The Hall–Kier alpha value is -1.24. The van der Waals surface area contributed by atoms with Gasteiger partial charge in [-0.25, -0.2) is 4.79 Å². The van der Waals surface area contributed by atoms with Gasteiger partial charge < -0.3 is 10.4 Å². The van der Waals surface area contributed by atoms with Gasteiger partial charge in [0, 0.05) is 24.6 Å². The second kappa shape index (κ2) is 8.79. The molecule has 0 aromatic heterocycles. The second-order valence-electron chi connectivity index (χ2n) is 4.49. The molecule has 7 heteroatoms. The first kappa shape index (κ1) is 15.8. The number of carboxylic acid groups (broad SMARTS) is 1. The van der Waals surface area contributed by atoms with E-state index in [1.165, 1.54) is 6.42 Å². The molecular formula is C12H20N2O4S. The van der Waals surface area contributed by atoms with E-state index < -0.39 is 12.0 Å². The molecule has 0 saturated carbocycles. The summed E-state index contributed by atoms with van der Waals surface area (Å²) in [6, 6.07) is -0.462. The normalized spacial score (nSPS) is 18.0. The third-order valence-electron chi connectivity index (χ3n) is 2.81. The van der Waals surface area contributed by atoms with Gasteiger partial charge in [0.05, 0.1) is 0 Å². The molecular weight excluding hydrogens is 268 g/mol. The number of urea groups is 1. The minimum atomic E-state index is -0.868. The van der Waals surface area contributed by atoms with Gasteiger partial charge in [-0.15, -0.1) is 0 Å². The zero-order chi connectivity index (χ0) is 14.1. The highest BCUT2D eigenvalue weighted by atomic mass is 32.2. The van der Waals surface area contributed by atoms with Crippen LogP contribution < -0.4 is 10.6 Å². The summed E-state index contributed by atoms with van der Waals surface area (Å²) >= 11 is 1.84. The van der Waals surface area contributed by atoms with Crippen LogP contribution in [0.5, 0.6) is 0 Å². The number of imide groups is 1. The number of rotatable bonds is 7. The number of aliphatic carboxylic acids is 1. The number of hydrogen-bond acceptors (Lipinski definition) is 4. The van der Waals surface area contributed by atoms with Crippen molar-refractivity contribution in [1.29, 1.82) is 0 Å². The highest BCUT2D eigenvalue weighted by molar-refractivity contribution is 8.00. The van der Waals surface area contributed by atoms with Crippen LogP contribution in [0.15, 0.2) is 0 Å². The van der Waals surface area contributed by atoms with Crippen molar-refractivity contribution >= 4 is 29.7 Å². The van der Waals surface area contributed by atoms with Crippen LogP contribution in [0, 0.1) is 0 Å². The number of amides is 3. The molecule has 6 nitrogen and oxygen atoms in total. The molecule has 1 rings (SSSR count). The standard InChI is InChI=1S/C12H20N2O4S/c15-10(5-1-2-6-11(16)17)14-12(18)13-8-9-4-3-7-19-9/h9H,1-8H2,(H,16,17)(H2,13,14,15,18). The molecule has 1 saturated heterocycles. The van der Waals surface area contributed by atoms with Gasteiger partial charge >= 0.3 is 12.0 Å². The SMILES string of the molecule is O=C(O)CCCCC(=O)NC(=O)NCC1CCCS1. The van der Waals surface area contributed by atoms with Crippen LogP contribution in [0.1, 0.15) is 38.5 Å². The summed E-state index contributed by atoms with van der Waals surface area (Å²) in [6.07, 6.45) is 3.44. The number of carbonyl (C=O) groups is 3. The number of unbranched alkanes of at least 4 members (excludes halogenated alkanes) is 1. The van der Waals surface area contributed by atoms with Crippen LogP contribution >= 0.6 is 11.8 Å². The first-order chi connectivity index (χ1) is 9.08. The number of carboxylic acids is 1. The molecule has 19 heavy (non-hydrogen) atoms. The smallest absolute Gasteiger partial charge is 0.321 e. The van der Waals surface area contributed by atoms with Gasteiger partial charge in [0.25, 0.3) is 0 Å². The first-order valence-corrected chi connectivity index (χ1v) is 7.54. The summed E-state index contributed by atoms with van der Waals surface area (Å²) in [6.45, 7) is 0.586. The van der Waals surface area contributed by atoms with E-state index in [1.54, 1.807) is 0 Å². The van der Waals surface area contributed by atoms with Crippen LogP contribution in [-0.2, 0) is 9.59 Å². The quantitative estimate of drug-likeness (QED) is 0.615. The lowest BCUT2D eigenvalue weighted by atomic mass is 10.2. The van der Waals surface area contributed by atoms with Gasteiger partial charge in [0.2, 0.25) is 5.91 Å². The maximum atomic E-state index is 11.4. The summed E-state index contributed by atoms with van der Waals surface area (Å²) < 4.78 is 0. The number of thioether (sulfide) groups is 1. The Balaban J connectivity index is 2.03. The molecule has 1 unspecified atom stereocenters. The Morgan fingerprint density at radius 1 is 1.21 bits per heavy atom. The molecule has 1 aliphatic heterocycles. The van der Waals surface area contributed by atoms with Crippen molar-refractivity contribution in [3.63, 3.8) is 0 Å². The van der Waals surface area contributed by atoms with Crippen LogP contribution in [0.25, 0.3) is 0 Å². The fourth-order valence-corrected chi connectivity index (χ4v) is 3.01. The molecule has 0 spiro atoms. The van der Waals surface area contributed by atoms with Gasteiger partial charge in [0.1, 0.15) is 0 Å². The van der Waals surface area contributed by atoms with Gasteiger partial charge in [-0.3, -0.25) is 14.9 Å². The van der Waals surface area contributed by atoms with E-state index in [4.69, 9.17) is 5.11 Å². The van der Waals surface area contributed by atoms with Crippen LogP contribution in [0.3, 0.4) is 0 Å². The maximum Gasteiger partial charge on any atom is 0.321 e. The van der Waals surface area contributed by atoms with Gasteiger partial charge in [-0.2, -0.15) is 11.8 Å². The molecule has 0 aromatic carbocycles. The average Bonchev–Trinajstić information content (AvgIpc) is 2.85. The van der Waals surface area contributed by atoms with Crippen molar-refractivity contribution < 1.29 is 19.5 Å². The van der Waals surface area contributed by atoms with Crippen LogP contribution in [-0.4, -0.2) is 40.6 Å². The summed E-state index contributed by atoms with van der Waals surface area (Å²) in [4.78, 5) is 33.0. The minimum Gasteiger partial charge on any atom is -0.481 e. The molecule has 3 N–H and O–H groups in total. The predicted molar refractivity (Wildman–Crippen MR) is 73.1 cm³/mol. The number of nitrogens with one attached hydrogen (secondary N) is 2. The number of carbonyl (C=O) groups excluding carboxylic acids is 2. The lowest BCUT2D eigenvalue weighted by Crippen LogP contribution is -2.41. The predicted octanol–water partition coefficient (Wildman–Crippen LogP) is 1.35. The second-order valence-corrected chi connectivity index (χ2v) is 5.90. The molecule has 1 heterocycles. The molecule has 1 fully saturated rings. The highest BCUT2D eigenvalue weighted by Crippen LogP contribution is 2.25. The first-order valence-electron chi connectivity index (χ1n) is 6.49. The molecule has 0 radical (unpaired) electrons. The Morgan fingerprint density at radius 2 is 1.95 bits per heavy atom. The fraction of sp³-hybridized carbons (Fsp3) is 0.750. The van der Waals surface area contributed by atoms with Gasteiger partial charge in [-0.05, 0) is 31.4 Å². The Kier molecular flexibility index (Phi) is 7.32. The van der Waals surface area contributed by atoms with Gasteiger partial charge in [-0.1, -0.05) is 0 Å². The molecule has 3 amide bonds. The topological polar surface area (TPSA) is 95.5 Å². The van der Waals surface area contributed by atoms with Crippen molar-refractivity contribution in [2.45, 2.75) is 43.8 Å². The number of hydrogen-bond donors (Lipinski definition) is 3. The van der Waals surface area contributed by atoms with Crippen LogP contribution in [0.4, 0.5) is 4.79 Å². The molecule has 0 bridgehead atoms. The lowest BCUT2D eigenvalue weighted by molar-refractivity contribution is -0.137. The van der Waals surface area contributed by atoms with E-state index >= 15 is 0 Å². The molecule has 1 aliphatic rings. The molecule has 0 aromatic rings. The van der Waals surface area contributed by atoms with Crippen molar-refractivity contribution in [2.75, 3.05) is 12.3 Å². The zero-order valence-corrected chi connectivity index (χ0v) is 11.6. The molecule has 1 atom stereocenters. The third kappa shape index (κ3) is 7.71. The lowest BCUT2D eigenvalue weighted by Gasteiger charge is -2.10. The summed E-state index contributed by atoms with van der Waals surface area (Å²) in [5.41, 5.74) is 0. The molecule has 108 valence electrons. The Bertz CT molecular complexity index is 330. The van der Waals surface area contributed by atoms with E-state index in [0.29, 0.717) is 24.6 Å². The van der Waals surface area contributed by atoms with Crippen molar-refractivity contribution in [2.24, 2.45) is 0 Å². The highest BCUT2D eigenvalue weighted by Gasteiger charge is 2.16. The molecule has 0 aliphatic carbocycles. The Labute approximate surface area is 116 Å². The van der Waals surface area contributed by atoms with E-state index in [9.17, 15) is 14.4 Å². The monoisotopic (exact) mass is 288 g/mol. The van der Waals surface area contributed by atoms with Crippen molar-refractivity contribution in [3.05, 3.63) is 0 Å². The van der Waals surface area contributed by atoms with Crippen LogP contribution in [0.2, 0.25) is 0 Å². The largest absolute Gasteiger partial charge is 0.481 e. The van der Waals surface area contributed by atoms with Crippen molar-refractivity contribution in [1.82, 2.24) is 10.6 Å². The fourth-order valence-electron chi connectivity index (χ4n) is 1.81. The van der Waals surface area contributed by atoms with E-state index in [1.807, 2.05) is 11.8 Å². The maximum absolute atomic E-state index is 11.4. The van der Waals surface area contributed by atoms with E-state index in [0.717, 1.165) is 12.2 Å². The third-order valence-corrected chi connectivity index (χ3v) is 4.21. The average molecular weight is 288 g/mol. The minimum absolute atomic E-state index is 0.0539. The van der Waals surface area contributed by atoms with Crippen molar-refractivity contribution in [3.8, 4) is 0 Å². The Morgan fingerprint density at radius 3 is 2.58 bits per heavy atom. The zero-order valence-electron chi connectivity index (χ0n) is 10.8. The van der Waals surface area contributed by atoms with Gasteiger partial charge in [0.15, 0.2) is 0 Å². The summed E-state index contributed by atoms with van der Waals surface area (Å²) in [5.74, 6) is -0.0922. The summed E-state index contributed by atoms with van der Waals surface area (Å²) in [5, 5.41) is 13.8. The summed E-state index contributed by atoms with van der Waals surface area (Å²) in [7, 11) is 0. The van der Waals surface area contributed by atoms with E-state index in [-0.39, 0.29) is 18.7 Å².